The Morgan fingerprint density at radius 1 is 0.324 bits per heavy atom. The van der Waals surface area contributed by atoms with Crippen molar-refractivity contribution in [3.8, 4) is 72.4 Å². The Labute approximate surface area is 416 Å². The normalized spacial score (nSPS) is 12.5. The van der Waals surface area contributed by atoms with Crippen molar-refractivity contribution < 1.29 is 0 Å². The molecule has 0 bridgehead atoms. The Bertz CT molecular complexity index is 3920. The molecule has 71 heavy (non-hydrogen) atoms. The second kappa shape index (κ2) is 17.2. The van der Waals surface area contributed by atoms with Crippen molar-refractivity contribution in [2.24, 2.45) is 0 Å². The Morgan fingerprint density at radius 3 is 1.59 bits per heavy atom. The number of fused-ring (bicyclic) bond motifs is 6. The van der Waals surface area contributed by atoms with Gasteiger partial charge in [0.1, 0.15) is 0 Å². The lowest BCUT2D eigenvalue weighted by Gasteiger charge is -2.30. The Balaban J connectivity index is 1.04. The highest BCUT2D eigenvalue weighted by Gasteiger charge is 2.35. The molecule has 0 aliphatic heterocycles. The van der Waals surface area contributed by atoms with Crippen LogP contribution in [0.15, 0.2) is 267 Å². The molecule has 0 atom stereocenters. The van der Waals surface area contributed by atoms with E-state index in [1.807, 2.05) is 0 Å². The fraction of sp³-hybridized carbons (Fsp3) is 0.0435. The quantitative estimate of drug-likeness (QED) is 0.140. The molecule has 2 nitrogen and oxygen atoms in total. The lowest BCUT2D eigenvalue weighted by atomic mass is 9.81. The zero-order valence-electron chi connectivity index (χ0n) is 39.8. The summed E-state index contributed by atoms with van der Waals surface area (Å²) in [5.41, 5.74) is 23.8. The summed E-state index contributed by atoms with van der Waals surface area (Å²) in [7, 11) is 0. The number of hydrogen-bond acceptors (Lipinski definition) is 1. The van der Waals surface area contributed by atoms with Gasteiger partial charge in [0.05, 0.1) is 16.7 Å². The van der Waals surface area contributed by atoms with E-state index in [1.165, 1.54) is 88.6 Å². The minimum Gasteiger partial charge on any atom is -0.310 e. The highest BCUT2D eigenvalue weighted by atomic mass is 15.1. The van der Waals surface area contributed by atoms with Crippen molar-refractivity contribution in [3.05, 3.63) is 278 Å². The first-order chi connectivity index (χ1) is 35.0. The molecule has 0 spiro atoms. The molecule has 0 radical (unpaired) electrons. The maximum absolute atomic E-state index is 2.48. The predicted octanol–water partition coefficient (Wildman–Crippen LogP) is 18.9. The van der Waals surface area contributed by atoms with Crippen LogP contribution in [0.2, 0.25) is 0 Å². The third kappa shape index (κ3) is 7.10. The Morgan fingerprint density at radius 2 is 0.845 bits per heavy atom. The summed E-state index contributed by atoms with van der Waals surface area (Å²) in [6.07, 6.45) is 0. The molecular weight excluding hydrogens is 857 g/mol. The topological polar surface area (TPSA) is 8.17 Å². The summed E-state index contributed by atoms with van der Waals surface area (Å²) in [6.45, 7) is 4.74. The van der Waals surface area contributed by atoms with Crippen LogP contribution in [0.3, 0.4) is 0 Å². The van der Waals surface area contributed by atoms with Gasteiger partial charge in [0.2, 0.25) is 0 Å². The molecule has 13 rings (SSSR count). The summed E-state index contributed by atoms with van der Waals surface area (Å²) < 4.78 is 2.43. The van der Waals surface area contributed by atoms with E-state index in [-0.39, 0.29) is 5.41 Å². The van der Waals surface area contributed by atoms with Gasteiger partial charge in [-0.2, -0.15) is 0 Å². The largest absolute Gasteiger partial charge is 0.310 e. The van der Waals surface area contributed by atoms with Crippen molar-refractivity contribution >= 4 is 38.9 Å². The molecular formula is C69H50N2. The molecule has 0 amide bonds. The molecule has 1 aromatic heterocycles. The number of para-hydroxylation sites is 3. The molecule has 0 N–H and O–H groups in total. The number of nitrogens with zero attached hydrogens (tertiary/aromatic N) is 2. The fourth-order valence-electron chi connectivity index (χ4n) is 11.5. The van der Waals surface area contributed by atoms with E-state index < -0.39 is 0 Å². The number of anilines is 3. The Hall–Kier alpha value is -8.98. The van der Waals surface area contributed by atoms with Crippen LogP contribution >= 0.6 is 0 Å². The third-order valence-corrected chi connectivity index (χ3v) is 14.8. The van der Waals surface area contributed by atoms with Gasteiger partial charge in [0.25, 0.3) is 0 Å². The van der Waals surface area contributed by atoms with Gasteiger partial charge in [-0.25, -0.2) is 0 Å². The van der Waals surface area contributed by atoms with Crippen molar-refractivity contribution in [1.82, 2.24) is 4.57 Å². The summed E-state index contributed by atoms with van der Waals surface area (Å²) >= 11 is 0. The van der Waals surface area contributed by atoms with Gasteiger partial charge in [0, 0.05) is 44.4 Å². The fourth-order valence-corrected chi connectivity index (χ4v) is 11.5. The summed E-state index contributed by atoms with van der Waals surface area (Å²) in [6, 6.07) is 98.0. The van der Waals surface area contributed by atoms with E-state index in [1.54, 1.807) is 0 Å². The molecule has 0 unspecified atom stereocenters. The first-order valence-electron chi connectivity index (χ1n) is 24.7. The smallest absolute Gasteiger partial charge is 0.0619 e. The predicted molar refractivity (Wildman–Crippen MR) is 300 cm³/mol. The summed E-state index contributed by atoms with van der Waals surface area (Å²) in [4.78, 5) is 2.48. The standard InChI is InChI=1S/C69H50N2/c1-69(2)63-34-17-15-29-58(63)59-43-39-51(45-64(59)69)56-31-20-36-66(67(56)50-25-11-5-12-26-50)70(54-42-44-55(47-21-7-3-8-22-47)62(46-54)48-23-9-4-10-24-48)53-40-37-49(38-41-53)57-32-19-33-61-60-30-16-18-35-65(60)71(68(57)61)52-27-13-6-14-28-52/h3-46H,1-2H3. The minimum absolute atomic E-state index is 0.131. The molecule has 1 aliphatic rings. The van der Waals surface area contributed by atoms with Crippen molar-refractivity contribution in [3.63, 3.8) is 0 Å². The molecule has 1 heterocycles. The first kappa shape index (κ1) is 42.1. The SMILES string of the molecule is CC1(C)c2ccccc2-c2ccc(-c3cccc(N(c4ccc(-c5cccc6c7ccccc7n(-c7ccccc7)c56)cc4)c4ccc(-c5ccccc5)c(-c5ccccc5)c4)c3-c3ccccc3)cc21. The maximum atomic E-state index is 2.48. The monoisotopic (exact) mass is 906 g/mol. The lowest BCUT2D eigenvalue weighted by Crippen LogP contribution is -2.15. The van der Waals surface area contributed by atoms with Gasteiger partial charge >= 0.3 is 0 Å². The van der Waals surface area contributed by atoms with E-state index in [2.05, 4.69) is 290 Å². The molecule has 336 valence electrons. The molecule has 1 aliphatic carbocycles. The number of hydrogen-bond donors (Lipinski definition) is 0. The van der Waals surface area contributed by atoms with Gasteiger partial charge < -0.3 is 9.47 Å². The minimum atomic E-state index is -0.131. The number of benzene rings is 11. The van der Waals surface area contributed by atoms with E-state index in [4.69, 9.17) is 0 Å². The van der Waals surface area contributed by atoms with Crippen LogP contribution < -0.4 is 4.90 Å². The van der Waals surface area contributed by atoms with Gasteiger partial charge in [-0.15, -0.1) is 0 Å². The van der Waals surface area contributed by atoms with Crippen LogP contribution in [0.4, 0.5) is 17.1 Å². The lowest BCUT2D eigenvalue weighted by molar-refractivity contribution is 0.660. The third-order valence-electron chi connectivity index (χ3n) is 14.8. The first-order valence-corrected chi connectivity index (χ1v) is 24.7. The Kier molecular flexibility index (Phi) is 10.2. The molecule has 11 aromatic carbocycles. The van der Waals surface area contributed by atoms with Crippen LogP contribution in [-0.4, -0.2) is 4.57 Å². The average Bonchev–Trinajstić information content (AvgIpc) is 3.90. The zero-order valence-corrected chi connectivity index (χ0v) is 39.8. The van der Waals surface area contributed by atoms with Crippen LogP contribution in [0.1, 0.15) is 25.0 Å². The second-order valence-corrected chi connectivity index (χ2v) is 19.2. The number of rotatable bonds is 9. The average molecular weight is 907 g/mol. The molecule has 2 heteroatoms. The van der Waals surface area contributed by atoms with Gasteiger partial charge in [-0.1, -0.05) is 226 Å². The van der Waals surface area contributed by atoms with Crippen LogP contribution in [0, 0.1) is 0 Å². The molecule has 0 fully saturated rings. The van der Waals surface area contributed by atoms with E-state index in [0.29, 0.717) is 0 Å². The van der Waals surface area contributed by atoms with Gasteiger partial charge in [0.15, 0.2) is 0 Å². The molecule has 0 saturated carbocycles. The zero-order chi connectivity index (χ0) is 47.5. The maximum Gasteiger partial charge on any atom is 0.0619 e. The van der Waals surface area contributed by atoms with Crippen molar-refractivity contribution in [2.45, 2.75) is 19.3 Å². The van der Waals surface area contributed by atoms with Crippen molar-refractivity contribution in [1.29, 1.82) is 0 Å². The van der Waals surface area contributed by atoms with E-state index in [9.17, 15) is 0 Å². The molecule has 12 aromatic rings. The van der Waals surface area contributed by atoms with Crippen molar-refractivity contribution in [2.75, 3.05) is 4.90 Å². The van der Waals surface area contributed by atoms with E-state index in [0.717, 1.165) is 33.9 Å². The van der Waals surface area contributed by atoms with Gasteiger partial charge in [-0.3, -0.25) is 0 Å². The summed E-state index contributed by atoms with van der Waals surface area (Å²) in [5, 5.41) is 2.48. The van der Waals surface area contributed by atoms with E-state index >= 15 is 0 Å². The second-order valence-electron chi connectivity index (χ2n) is 19.2. The molecule has 0 saturated heterocycles. The highest BCUT2D eigenvalue weighted by molar-refractivity contribution is 6.14. The number of aromatic nitrogens is 1. The van der Waals surface area contributed by atoms with Crippen LogP contribution in [-0.2, 0) is 5.41 Å². The summed E-state index contributed by atoms with van der Waals surface area (Å²) in [5.74, 6) is 0. The van der Waals surface area contributed by atoms with Gasteiger partial charge in [-0.05, 0) is 121 Å². The van der Waals surface area contributed by atoms with Crippen LogP contribution in [0.5, 0.6) is 0 Å². The van der Waals surface area contributed by atoms with Crippen LogP contribution in [0.25, 0.3) is 94.3 Å². The highest BCUT2D eigenvalue weighted by Crippen LogP contribution is 2.52.